The Morgan fingerprint density at radius 1 is 1.12 bits per heavy atom. The molecule has 0 aromatic heterocycles. The molecule has 0 aromatic carbocycles. The minimum atomic E-state index is -0.648. The largest absolute Gasteiger partial charge is 0.333 e. The Labute approximate surface area is 145 Å². The van der Waals surface area contributed by atoms with Crippen molar-refractivity contribution in [1.82, 2.24) is 14.7 Å². The zero-order valence-electron chi connectivity index (χ0n) is 13.5. The van der Waals surface area contributed by atoms with E-state index in [1.807, 2.05) is 0 Å². The minimum Gasteiger partial charge on any atom is -0.333 e. The molecule has 3 rings (SSSR count). The lowest BCUT2D eigenvalue weighted by Crippen LogP contribution is -2.52. The number of aldehydes is 1. The normalized spacial score (nSPS) is 27.2. The maximum atomic E-state index is 12.8. The number of rotatable bonds is 4. The summed E-state index contributed by atoms with van der Waals surface area (Å²) in [6, 6.07) is -1.19. The highest BCUT2D eigenvalue weighted by Gasteiger charge is 2.41. The fourth-order valence-electron chi connectivity index (χ4n) is 3.73. The summed E-state index contributed by atoms with van der Waals surface area (Å²) in [5.74, 6) is -0.396. The molecule has 3 amide bonds. The molecule has 0 unspecified atom stereocenters. The SMILES string of the molecule is O=C[C@@H]1C(=S)CCN1C(=O)[C@@H]1CCCN1C(=O)CN1CCCC1=O. The molecule has 0 bridgehead atoms. The highest BCUT2D eigenvalue weighted by Crippen LogP contribution is 2.24. The summed E-state index contributed by atoms with van der Waals surface area (Å²) < 4.78 is 0. The van der Waals surface area contributed by atoms with Gasteiger partial charge >= 0.3 is 0 Å². The standard InChI is InChI=1S/C16H21N3O4S/c20-10-12-13(24)5-8-19(12)16(23)11-3-1-7-18(11)15(22)9-17-6-2-4-14(17)21/h10-12H,1-9H2/t11-,12+/m0/s1. The third kappa shape index (κ3) is 3.07. The van der Waals surface area contributed by atoms with E-state index in [0.29, 0.717) is 50.0 Å². The topological polar surface area (TPSA) is 78.0 Å². The van der Waals surface area contributed by atoms with Crippen LogP contribution in [0.5, 0.6) is 0 Å². The van der Waals surface area contributed by atoms with Crippen molar-refractivity contribution >= 4 is 41.1 Å². The molecule has 130 valence electrons. The van der Waals surface area contributed by atoms with E-state index in [4.69, 9.17) is 12.2 Å². The van der Waals surface area contributed by atoms with Crippen molar-refractivity contribution in [2.75, 3.05) is 26.2 Å². The van der Waals surface area contributed by atoms with Gasteiger partial charge in [-0.25, -0.2) is 0 Å². The predicted octanol–water partition coefficient (Wildman–Crippen LogP) is -0.230. The first kappa shape index (κ1) is 17.0. The van der Waals surface area contributed by atoms with Gasteiger partial charge in [0.2, 0.25) is 17.7 Å². The number of carbonyl (C=O) groups is 4. The van der Waals surface area contributed by atoms with Crippen LogP contribution in [0.2, 0.25) is 0 Å². The van der Waals surface area contributed by atoms with Crippen molar-refractivity contribution in [3.05, 3.63) is 0 Å². The van der Waals surface area contributed by atoms with Gasteiger partial charge in [-0.15, -0.1) is 0 Å². The van der Waals surface area contributed by atoms with Crippen molar-refractivity contribution in [3.8, 4) is 0 Å². The van der Waals surface area contributed by atoms with E-state index in [1.54, 1.807) is 9.80 Å². The average Bonchev–Trinajstić information content (AvgIpc) is 3.27. The Kier molecular flexibility index (Phi) is 4.93. The molecule has 3 saturated heterocycles. The van der Waals surface area contributed by atoms with Gasteiger partial charge < -0.3 is 19.5 Å². The van der Waals surface area contributed by atoms with Crippen LogP contribution in [0.4, 0.5) is 0 Å². The van der Waals surface area contributed by atoms with Crippen LogP contribution in [0, 0.1) is 0 Å². The number of likely N-dealkylation sites (tertiary alicyclic amines) is 3. The van der Waals surface area contributed by atoms with Gasteiger partial charge in [-0.2, -0.15) is 0 Å². The molecule has 0 radical (unpaired) electrons. The third-order valence-corrected chi connectivity index (χ3v) is 5.48. The molecular weight excluding hydrogens is 330 g/mol. The minimum absolute atomic E-state index is 0.00339. The molecule has 2 atom stereocenters. The van der Waals surface area contributed by atoms with Crippen LogP contribution < -0.4 is 0 Å². The summed E-state index contributed by atoms with van der Waals surface area (Å²) in [6.45, 7) is 1.59. The molecule has 7 nitrogen and oxygen atoms in total. The van der Waals surface area contributed by atoms with Gasteiger partial charge in [0, 0.05) is 30.9 Å². The lowest BCUT2D eigenvalue weighted by molar-refractivity contribution is -0.146. The third-order valence-electron chi connectivity index (χ3n) is 5.03. The van der Waals surface area contributed by atoms with Gasteiger partial charge in [0.15, 0.2) is 0 Å². The summed E-state index contributed by atoms with van der Waals surface area (Å²) in [6.07, 6.45) is 3.86. The van der Waals surface area contributed by atoms with Crippen LogP contribution in [0.1, 0.15) is 32.1 Å². The fraction of sp³-hybridized carbons (Fsp3) is 0.688. The smallest absolute Gasteiger partial charge is 0.246 e. The van der Waals surface area contributed by atoms with Crippen LogP contribution in [0.25, 0.3) is 0 Å². The maximum absolute atomic E-state index is 12.8. The maximum Gasteiger partial charge on any atom is 0.246 e. The number of carbonyl (C=O) groups excluding carboxylic acids is 4. The number of nitrogens with zero attached hydrogens (tertiary/aromatic N) is 3. The Morgan fingerprint density at radius 2 is 1.92 bits per heavy atom. The zero-order chi connectivity index (χ0) is 17.3. The number of hydrogen-bond acceptors (Lipinski definition) is 5. The highest BCUT2D eigenvalue weighted by molar-refractivity contribution is 7.80. The monoisotopic (exact) mass is 351 g/mol. The van der Waals surface area contributed by atoms with Gasteiger partial charge in [-0.3, -0.25) is 14.4 Å². The number of hydrogen-bond donors (Lipinski definition) is 0. The van der Waals surface area contributed by atoms with Crippen LogP contribution in [0.3, 0.4) is 0 Å². The van der Waals surface area contributed by atoms with Gasteiger partial charge in [-0.05, 0) is 25.7 Å². The van der Waals surface area contributed by atoms with Crippen molar-refractivity contribution in [2.45, 2.75) is 44.2 Å². The van der Waals surface area contributed by atoms with E-state index in [0.717, 1.165) is 12.8 Å². The Morgan fingerprint density at radius 3 is 2.58 bits per heavy atom. The van der Waals surface area contributed by atoms with Gasteiger partial charge in [0.05, 0.1) is 6.54 Å². The summed E-state index contributed by atoms with van der Waals surface area (Å²) >= 11 is 5.15. The highest BCUT2D eigenvalue weighted by atomic mass is 32.1. The molecule has 0 aliphatic carbocycles. The van der Waals surface area contributed by atoms with E-state index >= 15 is 0 Å². The second kappa shape index (κ2) is 6.96. The first-order valence-electron chi connectivity index (χ1n) is 8.38. The summed E-state index contributed by atoms with van der Waals surface area (Å²) in [5, 5.41) is 0. The quantitative estimate of drug-likeness (QED) is 0.516. The molecule has 3 fully saturated rings. The van der Waals surface area contributed by atoms with Crippen molar-refractivity contribution in [1.29, 1.82) is 0 Å². The van der Waals surface area contributed by atoms with Crippen molar-refractivity contribution in [2.24, 2.45) is 0 Å². The van der Waals surface area contributed by atoms with E-state index < -0.39 is 12.1 Å². The predicted molar refractivity (Wildman–Crippen MR) is 89.3 cm³/mol. The molecule has 8 heteroatoms. The van der Waals surface area contributed by atoms with Crippen LogP contribution in [-0.4, -0.2) is 81.8 Å². The van der Waals surface area contributed by atoms with Crippen molar-refractivity contribution in [3.63, 3.8) is 0 Å². The molecular formula is C16H21N3O4S. The number of thiocarbonyl (C=S) groups is 1. The van der Waals surface area contributed by atoms with Crippen LogP contribution >= 0.6 is 12.2 Å². The van der Waals surface area contributed by atoms with Crippen molar-refractivity contribution < 1.29 is 19.2 Å². The molecule has 3 aliphatic heterocycles. The van der Waals surface area contributed by atoms with Crippen LogP contribution in [0.15, 0.2) is 0 Å². The van der Waals surface area contributed by atoms with E-state index in [-0.39, 0.29) is 24.3 Å². The van der Waals surface area contributed by atoms with E-state index in [9.17, 15) is 19.2 Å². The Hall–Kier alpha value is -1.83. The fourth-order valence-corrected chi connectivity index (χ4v) is 4.00. The lowest BCUT2D eigenvalue weighted by atomic mass is 10.1. The first-order chi connectivity index (χ1) is 11.5. The van der Waals surface area contributed by atoms with E-state index in [1.165, 1.54) is 4.90 Å². The Balaban J connectivity index is 1.67. The average molecular weight is 351 g/mol. The second-order valence-electron chi connectivity index (χ2n) is 6.49. The lowest BCUT2D eigenvalue weighted by Gasteiger charge is -2.30. The Bertz CT molecular complexity index is 594. The molecule has 0 spiro atoms. The van der Waals surface area contributed by atoms with Gasteiger partial charge in [-0.1, -0.05) is 12.2 Å². The zero-order valence-corrected chi connectivity index (χ0v) is 14.3. The summed E-state index contributed by atoms with van der Waals surface area (Å²) in [5.41, 5.74) is 0. The molecule has 3 heterocycles. The molecule has 0 N–H and O–H groups in total. The second-order valence-corrected chi connectivity index (χ2v) is 7.02. The van der Waals surface area contributed by atoms with E-state index in [2.05, 4.69) is 0 Å². The molecule has 0 aromatic rings. The van der Waals surface area contributed by atoms with Crippen LogP contribution in [-0.2, 0) is 19.2 Å². The number of amides is 3. The van der Waals surface area contributed by atoms with Gasteiger partial charge in [0.1, 0.15) is 18.4 Å². The molecule has 3 aliphatic rings. The van der Waals surface area contributed by atoms with Gasteiger partial charge in [0.25, 0.3) is 0 Å². The molecule has 0 saturated carbocycles. The first-order valence-corrected chi connectivity index (χ1v) is 8.79. The molecule has 24 heavy (non-hydrogen) atoms. The summed E-state index contributed by atoms with van der Waals surface area (Å²) in [7, 11) is 0. The summed E-state index contributed by atoms with van der Waals surface area (Å²) in [4.78, 5) is 53.5.